The Morgan fingerprint density at radius 2 is 2.07 bits per heavy atom. The summed E-state index contributed by atoms with van der Waals surface area (Å²) in [4.78, 5) is 0. The Morgan fingerprint density at radius 1 is 1.33 bits per heavy atom. The highest BCUT2D eigenvalue weighted by molar-refractivity contribution is 5.37. The lowest BCUT2D eigenvalue weighted by Crippen LogP contribution is -2.07. The van der Waals surface area contributed by atoms with Crippen molar-refractivity contribution >= 4 is 0 Å². The van der Waals surface area contributed by atoms with Crippen LogP contribution < -0.4 is 0 Å². The standard InChI is InChI=1S/C12H14F2O/c1-7-6-9(13)8-4-2-3-5-10(15)11(8)12(7)14/h6,10,15H,2-5H2,1H3. The zero-order valence-electron chi connectivity index (χ0n) is 8.69. The molecular formula is C12H14F2O. The van der Waals surface area contributed by atoms with Crippen LogP contribution in [0.4, 0.5) is 8.78 Å². The molecule has 0 fully saturated rings. The number of rotatable bonds is 0. The molecule has 0 spiro atoms. The van der Waals surface area contributed by atoms with Gasteiger partial charge in [-0.25, -0.2) is 8.78 Å². The van der Waals surface area contributed by atoms with Gasteiger partial charge in [0.25, 0.3) is 0 Å². The van der Waals surface area contributed by atoms with E-state index < -0.39 is 11.9 Å². The van der Waals surface area contributed by atoms with Gasteiger partial charge >= 0.3 is 0 Å². The summed E-state index contributed by atoms with van der Waals surface area (Å²) in [5.74, 6) is -0.828. The van der Waals surface area contributed by atoms with E-state index in [-0.39, 0.29) is 16.9 Å². The molecule has 15 heavy (non-hydrogen) atoms. The van der Waals surface area contributed by atoms with Crippen LogP contribution in [0, 0.1) is 18.6 Å². The van der Waals surface area contributed by atoms with Crippen LogP contribution in [0.25, 0.3) is 0 Å². The van der Waals surface area contributed by atoms with Gasteiger partial charge in [0.1, 0.15) is 11.6 Å². The van der Waals surface area contributed by atoms with Crippen molar-refractivity contribution in [1.29, 1.82) is 0 Å². The first-order valence-electron chi connectivity index (χ1n) is 5.26. The number of halogens is 2. The molecule has 1 aliphatic rings. The molecule has 0 radical (unpaired) electrons. The molecule has 0 aromatic heterocycles. The van der Waals surface area contributed by atoms with Crippen molar-refractivity contribution in [3.05, 3.63) is 34.4 Å². The molecule has 1 nitrogen and oxygen atoms in total. The Balaban J connectivity index is 2.63. The van der Waals surface area contributed by atoms with Crippen LogP contribution in [0.5, 0.6) is 0 Å². The third-order valence-electron chi connectivity index (χ3n) is 3.03. The smallest absolute Gasteiger partial charge is 0.132 e. The van der Waals surface area contributed by atoms with Crippen LogP contribution in [-0.4, -0.2) is 5.11 Å². The van der Waals surface area contributed by atoms with Gasteiger partial charge in [-0.05, 0) is 43.4 Å². The van der Waals surface area contributed by atoms with E-state index in [1.165, 1.54) is 13.0 Å². The number of aliphatic hydroxyl groups is 1. The van der Waals surface area contributed by atoms with Crippen molar-refractivity contribution in [3.63, 3.8) is 0 Å². The molecule has 0 aliphatic heterocycles. The Kier molecular flexibility index (Phi) is 2.74. The molecule has 1 atom stereocenters. The summed E-state index contributed by atoms with van der Waals surface area (Å²) in [6, 6.07) is 1.21. The first-order chi connectivity index (χ1) is 7.11. The lowest BCUT2D eigenvalue weighted by atomic mass is 9.97. The fourth-order valence-electron chi connectivity index (χ4n) is 2.20. The van der Waals surface area contributed by atoms with Crippen LogP contribution in [0.15, 0.2) is 6.07 Å². The largest absolute Gasteiger partial charge is 0.388 e. The van der Waals surface area contributed by atoms with Crippen molar-refractivity contribution in [2.75, 3.05) is 0 Å². The molecule has 1 aliphatic carbocycles. The maximum absolute atomic E-state index is 13.8. The summed E-state index contributed by atoms with van der Waals surface area (Å²) in [5, 5.41) is 9.76. The molecule has 0 bridgehead atoms. The third-order valence-corrected chi connectivity index (χ3v) is 3.03. The van der Waals surface area contributed by atoms with E-state index in [9.17, 15) is 13.9 Å². The number of hydrogen-bond donors (Lipinski definition) is 1. The lowest BCUT2D eigenvalue weighted by molar-refractivity contribution is 0.161. The van der Waals surface area contributed by atoms with Crippen molar-refractivity contribution < 1.29 is 13.9 Å². The monoisotopic (exact) mass is 212 g/mol. The number of benzene rings is 1. The second kappa shape index (κ2) is 3.89. The van der Waals surface area contributed by atoms with E-state index in [2.05, 4.69) is 0 Å². The minimum atomic E-state index is -0.850. The Hall–Kier alpha value is -0.960. The van der Waals surface area contributed by atoms with Crippen molar-refractivity contribution in [2.24, 2.45) is 0 Å². The van der Waals surface area contributed by atoms with Crippen molar-refractivity contribution in [2.45, 2.75) is 38.7 Å². The van der Waals surface area contributed by atoms with E-state index in [0.717, 1.165) is 12.8 Å². The Labute approximate surface area is 87.7 Å². The minimum absolute atomic E-state index is 0.185. The number of aliphatic hydroxyl groups excluding tert-OH is 1. The first-order valence-corrected chi connectivity index (χ1v) is 5.26. The van der Waals surface area contributed by atoms with Gasteiger partial charge in [-0.1, -0.05) is 6.42 Å². The average molecular weight is 212 g/mol. The topological polar surface area (TPSA) is 20.2 Å². The molecule has 1 N–H and O–H groups in total. The highest BCUT2D eigenvalue weighted by atomic mass is 19.1. The zero-order valence-corrected chi connectivity index (χ0v) is 8.69. The average Bonchev–Trinajstić information content (AvgIpc) is 2.37. The van der Waals surface area contributed by atoms with E-state index >= 15 is 0 Å². The van der Waals surface area contributed by atoms with Crippen molar-refractivity contribution in [1.82, 2.24) is 0 Å². The highest BCUT2D eigenvalue weighted by Crippen LogP contribution is 2.33. The summed E-state index contributed by atoms with van der Waals surface area (Å²) in [5.41, 5.74) is 0.820. The van der Waals surface area contributed by atoms with Gasteiger partial charge in [0.15, 0.2) is 0 Å². The third kappa shape index (κ3) is 1.76. The van der Waals surface area contributed by atoms with Gasteiger partial charge in [0.2, 0.25) is 0 Å². The molecule has 1 aromatic carbocycles. The molecule has 1 unspecified atom stereocenters. The van der Waals surface area contributed by atoms with Gasteiger partial charge in [0.05, 0.1) is 6.10 Å². The predicted molar refractivity (Wildman–Crippen MR) is 53.6 cm³/mol. The Bertz CT molecular complexity index is 388. The normalized spacial score (nSPS) is 20.9. The summed E-state index contributed by atoms with van der Waals surface area (Å²) in [6.45, 7) is 1.52. The molecule has 0 amide bonds. The summed E-state index contributed by atoms with van der Waals surface area (Å²) < 4.78 is 27.4. The van der Waals surface area contributed by atoms with E-state index in [1.54, 1.807) is 0 Å². The van der Waals surface area contributed by atoms with Gasteiger partial charge < -0.3 is 5.11 Å². The second-order valence-electron chi connectivity index (χ2n) is 4.14. The predicted octanol–water partition coefficient (Wildman–Crippen LogP) is 3.03. The quantitative estimate of drug-likeness (QED) is 0.655. The summed E-state index contributed by atoms with van der Waals surface area (Å²) >= 11 is 0. The van der Waals surface area contributed by atoms with E-state index in [4.69, 9.17) is 0 Å². The molecule has 3 heteroatoms. The van der Waals surface area contributed by atoms with Gasteiger partial charge in [-0.2, -0.15) is 0 Å². The molecule has 0 saturated heterocycles. The molecule has 82 valence electrons. The summed E-state index contributed by atoms with van der Waals surface area (Å²) in [7, 11) is 0. The fraction of sp³-hybridized carbons (Fsp3) is 0.500. The fourth-order valence-corrected chi connectivity index (χ4v) is 2.20. The minimum Gasteiger partial charge on any atom is -0.388 e. The Morgan fingerprint density at radius 3 is 2.80 bits per heavy atom. The molecule has 0 saturated carbocycles. The van der Waals surface area contributed by atoms with Crippen LogP contribution >= 0.6 is 0 Å². The maximum atomic E-state index is 13.8. The molecule has 0 heterocycles. The SMILES string of the molecule is Cc1cc(F)c2c(c1F)C(O)CCCC2. The number of aryl methyl sites for hydroxylation is 1. The second-order valence-corrected chi connectivity index (χ2v) is 4.14. The highest BCUT2D eigenvalue weighted by Gasteiger charge is 2.24. The van der Waals surface area contributed by atoms with Gasteiger partial charge in [0, 0.05) is 5.56 Å². The first kappa shape index (κ1) is 10.6. The lowest BCUT2D eigenvalue weighted by Gasteiger charge is -2.15. The van der Waals surface area contributed by atoms with Crippen LogP contribution in [0.2, 0.25) is 0 Å². The summed E-state index contributed by atoms with van der Waals surface area (Å²) in [6.07, 6.45) is 1.82. The molecule has 2 rings (SSSR count). The van der Waals surface area contributed by atoms with E-state index in [1.807, 2.05) is 0 Å². The number of hydrogen-bond acceptors (Lipinski definition) is 1. The van der Waals surface area contributed by atoms with Crippen LogP contribution in [0.3, 0.4) is 0 Å². The molecule has 1 aromatic rings. The molecular weight excluding hydrogens is 198 g/mol. The van der Waals surface area contributed by atoms with Crippen molar-refractivity contribution in [3.8, 4) is 0 Å². The van der Waals surface area contributed by atoms with Crippen LogP contribution in [-0.2, 0) is 6.42 Å². The van der Waals surface area contributed by atoms with Crippen LogP contribution in [0.1, 0.15) is 42.1 Å². The number of fused-ring (bicyclic) bond motifs is 1. The van der Waals surface area contributed by atoms with E-state index in [0.29, 0.717) is 18.4 Å². The van der Waals surface area contributed by atoms with Gasteiger partial charge in [-0.3, -0.25) is 0 Å². The zero-order chi connectivity index (χ0) is 11.0. The maximum Gasteiger partial charge on any atom is 0.132 e. The van der Waals surface area contributed by atoms with Gasteiger partial charge in [-0.15, -0.1) is 0 Å².